The average molecular weight is 313 g/mol. The first-order chi connectivity index (χ1) is 10.6. The lowest BCUT2D eigenvalue weighted by atomic mass is 10.1. The second-order valence-corrected chi connectivity index (χ2v) is 6.04. The average Bonchev–Trinajstić information content (AvgIpc) is 2.48. The minimum absolute atomic E-state index is 0.647. The molecule has 2 aromatic rings. The molecule has 0 aliphatic rings. The summed E-state index contributed by atoms with van der Waals surface area (Å²) in [4.78, 5) is 2.17. The van der Waals surface area contributed by atoms with Gasteiger partial charge in [-0.25, -0.2) is 0 Å². The zero-order chi connectivity index (χ0) is 15.9. The number of hydrogen-bond acceptors (Lipinski definition) is 2. The first-order valence-corrected chi connectivity index (χ1v) is 7.79. The number of benzene rings is 2. The molecule has 22 heavy (non-hydrogen) atoms. The lowest BCUT2D eigenvalue weighted by Crippen LogP contribution is -2.28. The molecule has 0 saturated heterocycles. The fourth-order valence-corrected chi connectivity index (χ4v) is 2.46. The first-order valence-electron chi connectivity index (χ1n) is 7.38. The van der Waals surface area contributed by atoms with E-state index in [4.69, 9.17) is 12.2 Å². The smallest absolute Gasteiger partial charge is 0.171 e. The van der Waals surface area contributed by atoms with E-state index < -0.39 is 0 Å². The fraction of sp³-hybridized carbons (Fsp3) is 0.278. The number of rotatable bonds is 5. The summed E-state index contributed by atoms with van der Waals surface area (Å²) in [6, 6.07) is 16.6. The molecular weight excluding hydrogens is 290 g/mol. The quantitative estimate of drug-likeness (QED) is 0.826. The van der Waals surface area contributed by atoms with Gasteiger partial charge in [-0.05, 0) is 56.0 Å². The van der Waals surface area contributed by atoms with Gasteiger partial charge in [0.15, 0.2) is 5.11 Å². The zero-order valence-corrected chi connectivity index (χ0v) is 14.2. The summed E-state index contributed by atoms with van der Waals surface area (Å²) < 4.78 is 0. The van der Waals surface area contributed by atoms with Crippen molar-refractivity contribution in [1.29, 1.82) is 0 Å². The summed E-state index contributed by atoms with van der Waals surface area (Å²) in [6.07, 6.45) is 0. The van der Waals surface area contributed by atoms with E-state index in [1.54, 1.807) is 0 Å². The largest absolute Gasteiger partial charge is 0.358 e. The van der Waals surface area contributed by atoms with E-state index >= 15 is 0 Å². The SMILES string of the molecule is Cc1ccccc1NC(=S)NCc1ccccc1CN(C)C. The van der Waals surface area contributed by atoms with E-state index in [1.807, 2.05) is 18.2 Å². The van der Waals surface area contributed by atoms with Crippen molar-refractivity contribution in [3.8, 4) is 0 Å². The van der Waals surface area contributed by atoms with Crippen LogP contribution in [-0.2, 0) is 13.1 Å². The molecule has 116 valence electrons. The van der Waals surface area contributed by atoms with Crippen molar-refractivity contribution in [3.63, 3.8) is 0 Å². The molecule has 0 amide bonds. The fourth-order valence-electron chi connectivity index (χ4n) is 2.28. The van der Waals surface area contributed by atoms with Crippen molar-refractivity contribution in [1.82, 2.24) is 10.2 Å². The molecule has 0 unspecified atom stereocenters. The normalized spacial score (nSPS) is 10.5. The Morgan fingerprint density at radius 1 is 1.00 bits per heavy atom. The summed E-state index contributed by atoms with van der Waals surface area (Å²) in [7, 11) is 4.16. The van der Waals surface area contributed by atoms with Gasteiger partial charge in [0.1, 0.15) is 0 Å². The predicted molar refractivity (Wildman–Crippen MR) is 98.1 cm³/mol. The van der Waals surface area contributed by atoms with Crippen LogP contribution in [0.5, 0.6) is 0 Å². The van der Waals surface area contributed by atoms with Crippen LogP contribution in [0, 0.1) is 6.92 Å². The van der Waals surface area contributed by atoms with Crippen LogP contribution in [-0.4, -0.2) is 24.1 Å². The molecule has 0 aliphatic carbocycles. The van der Waals surface area contributed by atoms with Gasteiger partial charge < -0.3 is 15.5 Å². The molecular formula is C18H23N3S. The zero-order valence-electron chi connectivity index (χ0n) is 13.4. The maximum Gasteiger partial charge on any atom is 0.171 e. The van der Waals surface area contributed by atoms with Gasteiger partial charge in [-0.15, -0.1) is 0 Å². The van der Waals surface area contributed by atoms with E-state index in [-0.39, 0.29) is 0 Å². The minimum Gasteiger partial charge on any atom is -0.358 e. The number of hydrogen-bond donors (Lipinski definition) is 2. The van der Waals surface area contributed by atoms with Gasteiger partial charge in [0.25, 0.3) is 0 Å². The molecule has 0 spiro atoms. The Balaban J connectivity index is 1.95. The summed E-state index contributed by atoms with van der Waals surface area (Å²) in [5.41, 5.74) is 4.81. The highest BCUT2D eigenvalue weighted by Gasteiger charge is 2.05. The highest BCUT2D eigenvalue weighted by Crippen LogP contribution is 2.13. The Kier molecular flexibility index (Phi) is 5.92. The second-order valence-electron chi connectivity index (χ2n) is 5.63. The Morgan fingerprint density at radius 3 is 2.32 bits per heavy atom. The van der Waals surface area contributed by atoms with E-state index in [0.29, 0.717) is 5.11 Å². The Bertz CT molecular complexity index is 638. The summed E-state index contributed by atoms with van der Waals surface area (Å²) >= 11 is 5.39. The van der Waals surface area contributed by atoms with Crippen LogP contribution in [0.2, 0.25) is 0 Å². The Labute approximate surface area is 138 Å². The molecule has 0 aromatic heterocycles. The molecule has 0 heterocycles. The summed E-state index contributed by atoms with van der Waals surface area (Å²) in [5.74, 6) is 0. The summed E-state index contributed by atoms with van der Waals surface area (Å²) in [6.45, 7) is 3.72. The lowest BCUT2D eigenvalue weighted by Gasteiger charge is -2.16. The van der Waals surface area contributed by atoms with Crippen molar-refractivity contribution in [2.45, 2.75) is 20.0 Å². The van der Waals surface area contributed by atoms with Crippen molar-refractivity contribution in [2.75, 3.05) is 19.4 Å². The van der Waals surface area contributed by atoms with Crippen LogP contribution >= 0.6 is 12.2 Å². The Morgan fingerprint density at radius 2 is 1.64 bits per heavy atom. The van der Waals surface area contributed by atoms with Crippen LogP contribution < -0.4 is 10.6 Å². The van der Waals surface area contributed by atoms with E-state index in [9.17, 15) is 0 Å². The van der Waals surface area contributed by atoms with Gasteiger partial charge in [-0.3, -0.25) is 0 Å². The van der Waals surface area contributed by atoms with Crippen LogP contribution in [0.4, 0.5) is 5.69 Å². The van der Waals surface area contributed by atoms with Crippen molar-refractivity contribution >= 4 is 23.0 Å². The van der Waals surface area contributed by atoms with Crippen LogP contribution in [0.1, 0.15) is 16.7 Å². The van der Waals surface area contributed by atoms with E-state index in [0.717, 1.165) is 18.8 Å². The molecule has 0 bridgehead atoms. The maximum atomic E-state index is 5.39. The molecule has 0 radical (unpaired) electrons. The monoisotopic (exact) mass is 313 g/mol. The van der Waals surface area contributed by atoms with Gasteiger partial charge in [-0.2, -0.15) is 0 Å². The molecule has 0 aliphatic heterocycles. The first kappa shape index (κ1) is 16.5. The third-order valence-electron chi connectivity index (χ3n) is 3.44. The van der Waals surface area contributed by atoms with Gasteiger partial charge in [0.05, 0.1) is 0 Å². The number of anilines is 1. The topological polar surface area (TPSA) is 27.3 Å². The highest BCUT2D eigenvalue weighted by molar-refractivity contribution is 7.80. The second kappa shape index (κ2) is 7.92. The third kappa shape index (κ3) is 4.83. The number of para-hydroxylation sites is 1. The van der Waals surface area contributed by atoms with Crippen molar-refractivity contribution < 1.29 is 0 Å². The number of aryl methyl sites for hydroxylation is 1. The summed E-state index contributed by atoms with van der Waals surface area (Å²) in [5, 5.41) is 7.19. The molecule has 4 heteroatoms. The lowest BCUT2D eigenvalue weighted by molar-refractivity contribution is 0.401. The van der Waals surface area contributed by atoms with E-state index in [1.165, 1.54) is 16.7 Å². The van der Waals surface area contributed by atoms with Gasteiger partial charge in [0.2, 0.25) is 0 Å². The van der Waals surface area contributed by atoms with Crippen molar-refractivity contribution in [3.05, 3.63) is 65.2 Å². The molecule has 0 saturated carbocycles. The number of nitrogens with one attached hydrogen (secondary N) is 2. The molecule has 0 fully saturated rings. The van der Waals surface area contributed by atoms with Crippen LogP contribution in [0.3, 0.4) is 0 Å². The Hall–Kier alpha value is -1.91. The number of nitrogens with zero attached hydrogens (tertiary/aromatic N) is 1. The molecule has 3 nitrogen and oxygen atoms in total. The van der Waals surface area contributed by atoms with Crippen molar-refractivity contribution in [2.24, 2.45) is 0 Å². The molecule has 2 aromatic carbocycles. The molecule has 2 N–H and O–H groups in total. The van der Waals surface area contributed by atoms with Gasteiger partial charge in [0, 0.05) is 18.8 Å². The molecule has 2 rings (SSSR count). The highest BCUT2D eigenvalue weighted by atomic mass is 32.1. The predicted octanol–water partition coefficient (Wildman–Crippen LogP) is 3.54. The van der Waals surface area contributed by atoms with Crippen LogP contribution in [0.25, 0.3) is 0 Å². The van der Waals surface area contributed by atoms with Gasteiger partial charge in [-0.1, -0.05) is 42.5 Å². The standard InChI is InChI=1S/C18H23N3S/c1-14-8-4-7-11-17(14)20-18(22)19-12-15-9-5-6-10-16(15)13-21(2)3/h4-11H,12-13H2,1-3H3,(H2,19,20,22). The maximum absolute atomic E-state index is 5.39. The third-order valence-corrected chi connectivity index (χ3v) is 3.68. The van der Waals surface area contributed by atoms with Gasteiger partial charge >= 0.3 is 0 Å². The number of thiocarbonyl (C=S) groups is 1. The minimum atomic E-state index is 0.647. The van der Waals surface area contributed by atoms with Crippen LogP contribution in [0.15, 0.2) is 48.5 Å². The van der Waals surface area contributed by atoms with E-state index in [2.05, 4.69) is 66.9 Å². The molecule has 0 atom stereocenters.